The van der Waals surface area contributed by atoms with Gasteiger partial charge in [0, 0.05) is 52.5 Å². The number of piperazine rings is 1. The zero-order valence-electron chi connectivity index (χ0n) is 13.5. The first kappa shape index (κ1) is 15.0. The number of piperidine rings is 1. The van der Waals surface area contributed by atoms with Gasteiger partial charge in [0.05, 0.1) is 12.0 Å². The van der Waals surface area contributed by atoms with E-state index >= 15 is 0 Å². The Morgan fingerprint density at radius 1 is 1.00 bits per heavy atom. The van der Waals surface area contributed by atoms with E-state index in [1.165, 1.54) is 64.3 Å². The number of aromatic nitrogens is 2. The molecule has 0 saturated carbocycles. The fourth-order valence-corrected chi connectivity index (χ4v) is 3.49. The van der Waals surface area contributed by atoms with Crippen molar-refractivity contribution in [1.82, 2.24) is 24.3 Å². The molecule has 0 aliphatic carbocycles. The van der Waals surface area contributed by atoms with E-state index < -0.39 is 0 Å². The van der Waals surface area contributed by atoms with Gasteiger partial charge in [0.2, 0.25) is 0 Å². The van der Waals surface area contributed by atoms with Gasteiger partial charge in [-0.05, 0) is 38.9 Å². The molecule has 2 aliphatic rings. The van der Waals surface area contributed by atoms with Crippen molar-refractivity contribution in [1.29, 1.82) is 0 Å². The lowest BCUT2D eigenvalue weighted by atomic mass is 9.96. The number of hydrogen-bond acceptors (Lipinski definition) is 4. The Balaban J connectivity index is 1.40. The Morgan fingerprint density at radius 2 is 1.71 bits per heavy atom. The summed E-state index contributed by atoms with van der Waals surface area (Å²) in [5.74, 6) is 0.899. The van der Waals surface area contributed by atoms with Gasteiger partial charge in [-0.2, -0.15) is 0 Å². The van der Waals surface area contributed by atoms with Crippen LogP contribution < -0.4 is 0 Å². The van der Waals surface area contributed by atoms with Gasteiger partial charge in [-0.25, -0.2) is 4.98 Å². The minimum atomic E-state index is 0.899. The number of hydrogen-bond donors (Lipinski definition) is 0. The van der Waals surface area contributed by atoms with Gasteiger partial charge in [-0.15, -0.1) is 0 Å². The molecule has 0 aromatic carbocycles. The lowest BCUT2D eigenvalue weighted by Gasteiger charge is -2.37. The summed E-state index contributed by atoms with van der Waals surface area (Å²) in [5, 5.41) is 0. The third kappa shape index (κ3) is 4.05. The topological polar surface area (TPSA) is 27.5 Å². The summed E-state index contributed by atoms with van der Waals surface area (Å²) in [6.07, 6.45) is 6.60. The highest BCUT2D eigenvalue weighted by molar-refractivity contribution is 4.97. The lowest BCUT2D eigenvalue weighted by molar-refractivity contribution is 0.103. The van der Waals surface area contributed by atoms with E-state index in [-0.39, 0.29) is 0 Å². The number of rotatable bonds is 4. The average Bonchev–Trinajstić information content (AvgIpc) is 2.89. The monoisotopic (exact) mass is 291 g/mol. The van der Waals surface area contributed by atoms with Crippen LogP contribution in [0.15, 0.2) is 12.5 Å². The number of imidazole rings is 1. The van der Waals surface area contributed by atoms with Crippen molar-refractivity contribution in [2.45, 2.75) is 19.4 Å². The minimum Gasteiger partial charge on any atom is -0.337 e. The largest absolute Gasteiger partial charge is 0.337 e. The molecule has 0 radical (unpaired) electrons. The molecule has 2 aliphatic heterocycles. The molecule has 0 atom stereocenters. The van der Waals surface area contributed by atoms with Crippen molar-refractivity contribution in [3.05, 3.63) is 18.2 Å². The van der Waals surface area contributed by atoms with Gasteiger partial charge in [0.25, 0.3) is 0 Å². The Bertz CT molecular complexity index is 428. The fourth-order valence-electron chi connectivity index (χ4n) is 3.49. The van der Waals surface area contributed by atoms with Gasteiger partial charge in [0.15, 0.2) is 0 Å². The fraction of sp³-hybridized carbons (Fsp3) is 0.812. The molecular formula is C16H29N5. The molecule has 0 spiro atoms. The molecule has 5 nitrogen and oxygen atoms in total. The number of nitrogens with zero attached hydrogens (tertiary/aromatic N) is 5. The zero-order valence-corrected chi connectivity index (χ0v) is 13.5. The van der Waals surface area contributed by atoms with E-state index in [0.29, 0.717) is 0 Å². The summed E-state index contributed by atoms with van der Waals surface area (Å²) >= 11 is 0. The van der Waals surface area contributed by atoms with Gasteiger partial charge >= 0.3 is 0 Å². The van der Waals surface area contributed by atoms with Crippen molar-refractivity contribution in [2.75, 3.05) is 52.9 Å². The number of likely N-dealkylation sites (N-methyl/N-ethyl adjacent to an activating group) is 1. The van der Waals surface area contributed by atoms with Crippen LogP contribution in [0.1, 0.15) is 18.5 Å². The van der Waals surface area contributed by atoms with Crippen LogP contribution in [0.5, 0.6) is 0 Å². The molecule has 0 unspecified atom stereocenters. The molecule has 3 heterocycles. The van der Waals surface area contributed by atoms with Crippen LogP contribution in [0.4, 0.5) is 0 Å². The van der Waals surface area contributed by atoms with Crippen LogP contribution in [0.25, 0.3) is 0 Å². The summed E-state index contributed by atoms with van der Waals surface area (Å²) < 4.78 is 2.14. The van der Waals surface area contributed by atoms with Crippen LogP contribution in [-0.4, -0.2) is 77.1 Å². The van der Waals surface area contributed by atoms with Crippen LogP contribution in [-0.2, 0) is 13.6 Å². The molecule has 0 amide bonds. The Labute approximate surface area is 128 Å². The van der Waals surface area contributed by atoms with Crippen molar-refractivity contribution < 1.29 is 0 Å². The minimum absolute atomic E-state index is 0.899. The van der Waals surface area contributed by atoms with Crippen molar-refractivity contribution in [2.24, 2.45) is 13.0 Å². The molecule has 2 saturated heterocycles. The maximum atomic E-state index is 4.21. The summed E-state index contributed by atoms with van der Waals surface area (Å²) in [6, 6.07) is 0. The highest BCUT2D eigenvalue weighted by Crippen LogP contribution is 2.20. The molecule has 5 heteroatoms. The summed E-state index contributed by atoms with van der Waals surface area (Å²) in [6.45, 7) is 9.83. The normalized spacial score (nSPS) is 23.7. The van der Waals surface area contributed by atoms with Crippen molar-refractivity contribution >= 4 is 0 Å². The van der Waals surface area contributed by atoms with Gasteiger partial charge in [0.1, 0.15) is 0 Å². The van der Waals surface area contributed by atoms with Crippen molar-refractivity contribution in [3.63, 3.8) is 0 Å². The molecule has 0 bridgehead atoms. The first-order valence-electron chi connectivity index (χ1n) is 8.29. The SMILES string of the molecule is CN1CCN(CC2CCN(Cc3cncn3C)CC2)CC1. The summed E-state index contributed by atoms with van der Waals surface area (Å²) in [7, 11) is 4.32. The second-order valence-corrected chi connectivity index (χ2v) is 6.82. The zero-order chi connectivity index (χ0) is 14.7. The van der Waals surface area contributed by atoms with Crippen LogP contribution in [0.2, 0.25) is 0 Å². The maximum absolute atomic E-state index is 4.21. The van der Waals surface area contributed by atoms with Crippen molar-refractivity contribution in [3.8, 4) is 0 Å². The third-order valence-corrected chi connectivity index (χ3v) is 5.12. The maximum Gasteiger partial charge on any atom is 0.0945 e. The molecule has 0 N–H and O–H groups in total. The smallest absolute Gasteiger partial charge is 0.0945 e. The Hall–Kier alpha value is -0.910. The summed E-state index contributed by atoms with van der Waals surface area (Å²) in [5.41, 5.74) is 1.33. The standard InChI is InChI=1S/C16H29N5/c1-18-7-9-21(10-8-18)12-15-3-5-20(6-4-15)13-16-11-17-14-19(16)2/h11,14-15H,3-10,12-13H2,1-2H3. The quantitative estimate of drug-likeness (QED) is 0.823. The summed E-state index contributed by atoms with van der Waals surface area (Å²) in [4.78, 5) is 11.9. The number of likely N-dealkylation sites (tertiary alicyclic amines) is 1. The highest BCUT2D eigenvalue weighted by Gasteiger charge is 2.23. The Morgan fingerprint density at radius 3 is 2.33 bits per heavy atom. The van der Waals surface area contributed by atoms with E-state index in [1.54, 1.807) is 0 Å². The lowest BCUT2D eigenvalue weighted by Crippen LogP contribution is -2.47. The molecule has 3 rings (SSSR count). The van der Waals surface area contributed by atoms with Crippen LogP contribution >= 0.6 is 0 Å². The second kappa shape index (κ2) is 6.90. The molecule has 118 valence electrons. The van der Waals surface area contributed by atoms with E-state index in [2.05, 4.69) is 38.3 Å². The Kier molecular flexibility index (Phi) is 4.93. The highest BCUT2D eigenvalue weighted by atomic mass is 15.2. The molecule has 1 aromatic rings. The van der Waals surface area contributed by atoms with Gasteiger partial charge < -0.3 is 14.4 Å². The van der Waals surface area contributed by atoms with E-state index in [4.69, 9.17) is 0 Å². The van der Waals surface area contributed by atoms with Crippen LogP contribution in [0.3, 0.4) is 0 Å². The third-order valence-electron chi connectivity index (χ3n) is 5.12. The van der Waals surface area contributed by atoms with Crippen LogP contribution in [0, 0.1) is 5.92 Å². The average molecular weight is 291 g/mol. The van der Waals surface area contributed by atoms with Gasteiger partial charge in [-0.1, -0.05) is 0 Å². The first-order valence-corrected chi connectivity index (χ1v) is 8.29. The number of aryl methyl sites for hydroxylation is 1. The van der Waals surface area contributed by atoms with E-state index in [1.807, 2.05) is 12.5 Å². The first-order chi connectivity index (χ1) is 10.2. The molecule has 2 fully saturated rings. The predicted molar refractivity (Wildman–Crippen MR) is 85.1 cm³/mol. The van der Waals surface area contributed by atoms with E-state index in [0.717, 1.165) is 12.5 Å². The molecule has 21 heavy (non-hydrogen) atoms. The molecule has 1 aromatic heterocycles. The second-order valence-electron chi connectivity index (χ2n) is 6.82. The van der Waals surface area contributed by atoms with Gasteiger partial charge in [-0.3, -0.25) is 4.90 Å². The van der Waals surface area contributed by atoms with E-state index in [9.17, 15) is 0 Å². The predicted octanol–water partition coefficient (Wildman–Crippen LogP) is 0.880. The molecular weight excluding hydrogens is 262 g/mol.